The Morgan fingerprint density at radius 1 is 1.23 bits per heavy atom. The fraction of sp³-hybridized carbons (Fsp3) is 0.810. The van der Waals surface area contributed by atoms with Gasteiger partial charge in [-0.3, -0.25) is 0 Å². The zero-order valence-corrected chi connectivity index (χ0v) is 19.9. The number of carbonyl (C=O) groups is 1. The van der Waals surface area contributed by atoms with Gasteiger partial charge in [-0.15, -0.1) is 10.2 Å². The largest absolute Gasteiger partial charge is 0.444 e. The van der Waals surface area contributed by atoms with Crippen LogP contribution in [0.5, 0.6) is 0 Å². The van der Waals surface area contributed by atoms with Crippen LogP contribution in [-0.2, 0) is 23.1 Å². The predicted molar refractivity (Wildman–Crippen MR) is 120 cm³/mol. The molecule has 1 saturated heterocycles. The SMILES string of the molecule is CCNC(=NCc1nnc(C)n1C)N1CCC(OCCCNC(=O)OC(C)(C)C)CC1. The molecule has 0 saturated carbocycles. The topological polar surface area (TPSA) is 106 Å². The zero-order chi connectivity index (χ0) is 22.9. The smallest absolute Gasteiger partial charge is 0.407 e. The molecule has 1 aliphatic rings. The molecule has 0 atom stereocenters. The number of guanidine groups is 1. The molecular formula is C21H39N7O3. The van der Waals surface area contributed by atoms with Crippen molar-refractivity contribution in [3.05, 3.63) is 11.6 Å². The molecule has 0 aliphatic carbocycles. The average Bonchev–Trinajstić information content (AvgIpc) is 3.02. The van der Waals surface area contributed by atoms with Gasteiger partial charge in [0, 0.05) is 39.8 Å². The van der Waals surface area contributed by atoms with E-state index in [0.717, 1.165) is 56.5 Å². The summed E-state index contributed by atoms with van der Waals surface area (Å²) < 4.78 is 13.2. The molecule has 176 valence electrons. The highest BCUT2D eigenvalue weighted by atomic mass is 16.6. The van der Waals surface area contributed by atoms with E-state index in [1.807, 2.05) is 39.3 Å². The van der Waals surface area contributed by atoms with Crippen molar-refractivity contribution < 1.29 is 14.3 Å². The van der Waals surface area contributed by atoms with Gasteiger partial charge in [0.2, 0.25) is 0 Å². The molecule has 1 aromatic rings. The number of hydrogen-bond acceptors (Lipinski definition) is 6. The summed E-state index contributed by atoms with van der Waals surface area (Å²) in [6.07, 6.45) is 2.52. The lowest BCUT2D eigenvalue weighted by molar-refractivity contribution is 0.0170. The fourth-order valence-corrected chi connectivity index (χ4v) is 3.22. The van der Waals surface area contributed by atoms with E-state index in [4.69, 9.17) is 14.5 Å². The fourth-order valence-electron chi connectivity index (χ4n) is 3.22. The number of rotatable bonds is 8. The summed E-state index contributed by atoms with van der Waals surface area (Å²) in [5.41, 5.74) is -0.476. The molecule has 2 rings (SSSR count). The van der Waals surface area contributed by atoms with Gasteiger partial charge in [-0.05, 0) is 53.9 Å². The van der Waals surface area contributed by atoms with E-state index in [-0.39, 0.29) is 12.2 Å². The number of aromatic nitrogens is 3. The molecule has 0 spiro atoms. The van der Waals surface area contributed by atoms with Crippen molar-refractivity contribution in [1.29, 1.82) is 0 Å². The maximum absolute atomic E-state index is 11.6. The van der Waals surface area contributed by atoms with Crippen LogP contribution >= 0.6 is 0 Å². The molecule has 10 heteroatoms. The summed E-state index contributed by atoms with van der Waals surface area (Å²) in [6, 6.07) is 0. The van der Waals surface area contributed by atoms with Gasteiger partial charge < -0.3 is 29.6 Å². The molecule has 1 aromatic heterocycles. The highest BCUT2D eigenvalue weighted by Crippen LogP contribution is 2.14. The van der Waals surface area contributed by atoms with Crippen molar-refractivity contribution in [2.24, 2.45) is 12.0 Å². The van der Waals surface area contributed by atoms with Gasteiger partial charge in [-0.2, -0.15) is 0 Å². The van der Waals surface area contributed by atoms with Gasteiger partial charge in [0.05, 0.1) is 6.10 Å². The minimum absolute atomic E-state index is 0.238. The van der Waals surface area contributed by atoms with Crippen LogP contribution in [0.15, 0.2) is 4.99 Å². The molecule has 0 unspecified atom stereocenters. The lowest BCUT2D eigenvalue weighted by Gasteiger charge is -2.34. The maximum Gasteiger partial charge on any atom is 0.407 e. The first-order chi connectivity index (χ1) is 14.7. The van der Waals surface area contributed by atoms with E-state index in [9.17, 15) is 4.79 Å². The summed E-state index contributed by atoms with van der Waals surface area (Å²) in [5.74, 6) is 2.64. The van der Waals surface area contributed by atoms with E-state index in [0.29, 0.717) is 19.7 Å². The highest BCUT2D eigenvalue weighted by molar-refractivity contribution is 5.80. The number of carbonyl (C=O) groups excluding carboxylic acids is 1. The first-order valence-corrected chi connectivity index (χ1v) is 11.2. The predicted octanol–water partition coefficient (Wildman–Crippen LogP) is 1.98. The molecule has 0 bridgehead atoms. The first kappa shape index (κ1) is 24.9. The van der Waals surface area contributed by atoms with Crippen LogP contribution in [0.25, 0.3) is 0 Å². The standard InChI is InChI=1S/C21H39N7O3/c1-7-22-19(24-15-18-26-25-16(2)27(18)6)28-12-9-17(10-13-28)30-14-8-11-23-20(29)31-21(3,4)5/h17H,7-15H2,1-6H3,(H,22,24)(H,23,29). The number of nitrogens with one attached hydrogen (secondary N) is 2. The summed E-state index contributed by atoms with van der Waals surface area (Å²) in [7, 11) is 1.96. The van der Waals surface area contributed by atoms with Gasteiger partial charge in [-0.1, -0.05) is 0 Å². The van der Waals surface area contributed by atoms with E-state index >= 15 is 0 Å². The van der Waals surface area contributed by atoms with E-state index in [1.165, 1.54) is 0 Å². The maximum atomic E-state index is 11.6. The van der Waals surface area contributed by atoms with Gasteiger partial charge in [0.15, 0.2) is 11.8 Å². The Kier molecular flexibility index (Phi) is 9.54. The Morgan fingerprint density at radius 2 is 1.94 bits per heavy atom. The van der Waals surface area contributed by atoms with Gasteiger partial charge >= 0.3 is 6.09 Å². The number of aryl methyl sites for hydroxylation is 1. The third kappa shape index (κ3) is 8.72. The van der Waals surface area contributed by atoms with Crippen molar-refractivity contribution in [1.82, 2.24) is 30.3 Å². The number of ether oxygens (including phenoxy) is 2. The number of piperidine rings is 1. The van der Waals surface area contributed by atoms with E-state index in [1.54, 1.807) is 0 Å². The summed E-state index contributed by atoms with van der Waals surface area (Å²) in [6.45, 7) is 13.8. The Labute approximate surface area is 185 Å². The van der Waals surface area contributed by atoms with Crippen LogP contribution in [0.3, 0.4) is 0 Å². The second kappa shape index (κ2) is 11.9. The van der Waals surface area contributed by atoms with Crippen molar-refractivity contribution in [3.8, 4) is 0 Å². The normalized spacial score (nSPS) is 15.8. The third-order valence-electron chi connectivity index (χ3n) is 4.97. The van der Waals surface area contributed by atoms with Crippen molar-refractivity contribution >= 4 is 12.1 Å². The van der Waals surface area contributed by atoms with Crippen molar-refractivity contribution in [2.75, 3.05) is 32.8 Å². The highest BCUT2D eigenvalue weighted by Gasteiger charge is 2.22. The lowest BCUT2D eigenvalue weighted by Crippen LogP contribution is -2.47. The van der Waals surface area contributed by atoms with Crippen LogP contribution < -0.4 is 10.6 Å². The van der Waals surface area contributed by atoms with Gasteiger partial charge in [0.25, 0.3) is 0 Å². The number of nitrogens with zero attached hydrogens (tertiary/aromatic N) is 5. The first-order valence-electron chi connectivity index (χ1n) is 11.2. The summed E-state index contributed by atoms with van der Waals surface area (Å²) >= 11 is 0. The zero-order valence-electron chi connectivity index (χ0n) is 19.9. The molecule has 1 fully saturated rings. The minimum Gasteiger partial charge on any atom is -0.444 e. The molecule has 2 N–H and O–H groups in total. The Hall–Kier alpha value is -2.36. The van der Waals surface area contributed by atoms with Crippen molar-refractivity contribution in [3.63, 3.8) is 0 Å². The van der Waals surface area contributed by atoms with Crippen LogP contribution in [0.2, 0.25) is 0 Å². The number of hydrogen-bond donors (Lipinski definition) is 2. The molecule has 0 radical (unpaired) electrons. The average molecular weight is 438 g/mol. The second-order valence-corrected chi connectivity index (χ2v) is 8.73. The van der Waals surface area contributed by atoms with E-state index < -0.39 is 5.60 Å². The Bertz CT molecular complexity index is 719. The molecule has 1 amide bonds. The number of alkyl carbamates (subject to hydrolysis) is 1. The quantitative estimate of drug-likeness (QED) is 0.364. The van der Waals surface area contributed by atoms with Crippen LogP contribution in [0, 0.1) is 6.92 Å². The molecule has 10 nitrogen and oxygen atoms in total. The van der Waals surface area contributed by atoms with Gasteiger partial charge in [-0.25, -0.2) is 9.79 Å². The molecule has 0 aromatic carbocycles. The third-order valence-corrected chi connectivity index (χ3v) is 4.97. The van der Waals surface area contributed by atoms with E-state index in [2.05, 4.69) is 32.7 Å². The summed E-state index contributed by atoms with van der Waals surface area (Å²) in [4.78, 5) is 18.7. The molecule has 31 heavy (non-hydrogen) atoms. The van der Waals surface area contributed by atoms with Gasteiger partial charge in [0.1, 0.15) is 18.0 Å². The molecule has 2 heterocycles. The molecular weight excluding hydrogens is 398 g/mol. The van der Waals surface area contributed by atoms with Crippen molar-refractivity contribution in [2.45, 2.75) is 72.1 Å². The number of amides is 1. The Morgan fingerprint density at radius 3 is 2.52 bits per heavy atom. The van der Waals surface area contributed by atoms with Crippen LogP contribution in [0.1, 0.15) is 58.6 Å². The number of likely N-dealkylation sites (tertiary alicyclic amines) is 1. The van der Waals surface area contributed by atoms with Crippen LogP contribution in [-0.4, -0.2) is 76.2 Å². The minimum atomic E-state index is -0.476. The van der Waals surface area contributed by atoms with Crippen LogP contribution in [0.4, 0.5) is 4.79 Å². The lowest BCUT2D eigenvalue weighted by atomic mass is 10.1. The summed E-state index contributed by atoms with van der Waals surface area (Å²) in [5, 5.41) is 14.4. The second-order valence-electron chi connectivity index (χ2n) is 8.73. The molecule has 1 aliphatic heterocycles. The number of aliphatic imine (C=N–C) groups is 1. The Balaban J connectivity index is 1.69. The monoisotopic (exact) mass is 437 g/mol.